The van der Waals surface area contributed by atoms with E-state index < -0.39 is 0 Å². The summed E-state index contributed by atoms with van der Waals surface area (Å²) in [6, 6.07) is 5.17. The van der Waals surface area contributed by atoms with Crippen LogP contribution in [0.15, 0.2) is 22.7 Å². The number of carbonyl (C=O) groups is 1. The Morgan fingerprint density at radius 2 is 2.28 bits per heavy atom. The van der Waals surface area contributed by atoms with E-state index in [2.05, 4.69) is 21.2 Å². The average Bonchev–Trinajstić information content (AvgIpc) is 3.11. The Morgan fingerprint density at radius 3 is 2.83 bits per heavy atom. The number of aliphatic hydroxyl groups excluding tert-OH is 1. The maximum atomic E-state index is 12.1. The summed E-state index contributed by atoms with van der Waals surface area (Å²) >= 11 is 9.18. The smallest absolute Gasteiger partial charge is 0.252 e. The number of rotatable bonds is 5. The minimum atomic E-state index is -0.121. The first kappa shape index (κ1) is 13.8. The molecule has 1 atom stereocenters. The predicted octanol–water partition coefficient (Wildman–Crippen LogP) is 2.99. The molecule has 0 aromatic heterocycles. The predicted molar refractivity (Wildman–Crippen MR) is 74.8 cm³/mol. The minimum absolute atomic E-state index is 0.0741. The van der Waals surface area contributed by atoms with Gasteiger partial charge in [0, 0.05) is 22.1 Å². The Hall–Kier alpha value is -0.580. The molecule has 1 unspecified atom stereocenters. The van der Waals surface area contributed by atoms with Gasteiger partial charge in [0.05, 0.1) is 5.56 Å². The summed E-state index contributed by atoms with van der Waals surface area (Å²) in [5.41, 5.74) is 0.572. The van der Waals surface area contributed by atoms with Crippen molar-refractivity contribution in [2.45, 2.75) is 25.3 Å². The van der Waals surface area contributed by atoms with Gasteiger partial charge in [-0.3, -0.25) is 4.79 Å². The number of hydrogen-bond acceptors (Lipinski definition) is 2. The molecule has 2 N–H and O–H groups in total. The standard InChI is InChI=1S/C13H15BrClNO2/c14-11-7-9(15)3-4-10(11)13(18)16-12(5-6-17)8-1-2-8/h3-4,7-8,12,17H,1-2,5-6H2,(H,16,18). The van der Waals surface area contributed by atoms with Gasteiger partial charge in [-0.25, -0.2) is 0 Å². The summed E-state index contributed by atoms with van der Waals surface area (Å²) in [7, 11) is 0. The molecule has 1 amide bonds. The number of hydrogen-bond donors (Lipinski definition) is 2. The van der Waals surface area contributed by atoms with Crippen LogP contribution in [0.2, 0.25) is 5.02 Å². The summed E-state index contributed by atoms with van der Waals surface area (Å²) in [6.45, 7) is 0.100. The highest BCUT2D eigenvalue weighted by Crippen LogP contribution is 2.34. The third kappa shape index (κ3) is 3.46. The number of halogens is 2. The molecule has 0 radical (unpaired) electrons. The van der Waals surface area contributed by atoms with Crippen LogP contribution in [0.1, 0.15) is 29.6 Å². The highest BCUT2D eigenvalue weighted by atomic mass is 79.9. The fraction of sp³-hybridized carbons (Fsp3) is 0.462. The molecular weight excluding hydrogens is 318 g/mol. The van der Waals surface area contributed by atoms with Crippen molar-refractivity contribution < 1.29 is 9.90 Å². The molecule has 1 aromatic carbocycles. The van der Waals surface area contributed by atoms with Gasteiger partial charge in [-0.15, -0.1) is 0 Å². The van der Waals surface area contributed by atoms with Gasteiger partial charge in [0.15, 0.2) is 0 Å². The summed E-state index contributed by atoms with van der Waals surface area (Å²) in [4.78, 5) is 12.1. The fourth-order valence-corrected chi connectivity index (χ4v) is 2.85. The molecular formula is C13H15BrClNO2. The summed E-state index contributed by atoms with van der Waals surface area (Å²) in [5.74, 6) is 0.399. The monoisotopic (exact) mass is 331 g/mol. The highest BCUT2D eigenvalue weighted by molar-refractivity contribution is 9.10. The van der Waals surface area contributed by atoms with Crippen LogP contribution in [-0.2, 0) is 0 Å². The van der Waals surface area contributed by atoms with Gasteiger partial charge in [-0.2, -0.15) is 0 Å². The summed E-state index contributed by atoms with van der Waals surface area (Å²) < 4.78 is 0.686. The van der Waals surface area contributed by atoms with Gasteiger partial charge < -0.3 is 10.4 Å². The van der Waals surface area contributed by atoms with Crippen molar-refractivity contribution in [3.05, 3.63) is 33.3 Å². The number of benzene rings is 1. The SMILES string of the molecule is O=C(NC(CCO)C1CC1)c1ccc(Cl)cc1Br. The second-order valence-electron chi connectivity index (χ2n) is 4.55. The van der Waals surface area contributed by atoms with Crippen molar-refractivity contribution in [2.24, 2.45) is 5.92 Å². The number of aliphatic hydroxyl groups is 1. The molecule has 0 bridgehead atoms. The van der Waals surface area contributed by atoms with E-state index in [0.717, 1.165) is 12.8 Å². The molecule has 1 fully saturated rings. The molecule has 1 saturated carbocycles. The minimum Gasteiger partial charge on any atom is -0.396 e. The number of nitrogens with one attached hydrogen (secondary N) is 1. The van der Waals surface area contributed by atoms with E-state index in [1.54, 1.807) is 18.2 Å². The first-order valence-electron chi connectivity index (χ1n) is 5.98. The van der Waals surface area contributed by atoms with Gasteiger partial charge in [-0.05, 0) is 59.3 Å². The Morgan fingerprint density at radius 1 is 1.56 bits per heavy atom. The van der Waals surface area contributed by atoms with Crippen molar-refractivity contribution in [1.82, 2.24) is 5.32 Å². The summed E-state index contributed by atoms with van der Waals surface area (Å²) in [6.07, 6.45) is 2.88. The lowest BCUT2D eigenvalue weighted by atomic mass is 10.1. The third-order valence-electron chi connectivity index (χ3n) is 3.12. The zero-order valence-electron chi connectivity index (χ0n) is 9.83. The van der Waals surface area contributed by atoms with Gasteiger partial charge in [0.1, 0.15) is 0 Å². The van der Waals surface area contributed by atoms with E-state index in [4.69, 9.17) is 16.7 Å². The van der Waals surface area contributed by atoms with E-state index in [0.29, 0.717) is 27.4 Å². The molecule has 1 aliphatic carbocycles. The van der Waals surface area contributed by atoms with Crippen LogP contribution < -0.4 is 5.32 Å². The summed E-state index contributed by atoms with van der Waals surface area (Å²) in [5, 5.41) is 12.6. The van der Waals surface area contributed by atoms with Crippen LogP contribution in [0.5, 0.6) is 0 Å². The lowest BCUT2D eigenvalue weighted by Gasteiger charge is -2.17. The van der Waals surface area contributed by atoms with E-state index >= 15 is 0 Å². The molecule has 1 aliphatic rings. The molecule has 0 heterocycles. The van der Waals surface area contributed by atoms with Crippen LogP contribution in [0.3, 0.4) is 0 Å². The maximum absolute atomic E-state index is 12.1. The van der Waals surface area contributed by atoms with E-state index in [9.17, 15) is 4.79 Å². The molecule has 0 saturated heterocycles. The van der Waals surface area contributed by atoms with Gasteiger partial charge in [0.2, 0.25) is 0 Å². The second-order valence-corrected chi connectivity index (χ2v) is 5.84. The molecule has 5 heteroatoms. The van der Waals surface area contributed by atoms with Crippen LogP contribution in [-0.4, -0.2) is 23.7 Å². The molecule has 0 spiro atoms. The van der Waals surface area contributed by atoms with Crippen LogP contribution in [0.4, 0.5) is 0 Å². The maximum Gasteiger partial charge on any atom is 0.252 e. The lowest BCUT2D eigenvalue weighted by Crippen LogP contribution is -2.37. The van der Waals surface area contributed by atoms with Crippen LogP contribution in [0, 0.1) is 5.92 Å². The molecule has 3 nitrogen and oxygen atoms in total. The molecule has 0 aliphatic heterocycles. The topological polar surface area (TPSA) is 49.3 Å². The first-order chi connectivity index (χ1) is 8.61. The fourth-order valence-electron chi connectivity index (χ4n) is 1.98. The normalized spacial score (nSPS) is 16.4. The first-order valence-corrected chi connectivity index (χ1v) is 7.15. The van der Waals surface area contributed by atoms with E-state index in [-0.39, 0.29) is 18.6 Å². The van der Waals surface area contributed by atoms with Crippen molar-refractivity contribution >= 4 is 33.4 Å². The zero-order chi connectivity index (χ0) is 13.1. The Kier molecular flexibility index (Phi) is 4.65. The Bertz CT molecular complexity index is 449. The third-order valence-corrected chi connectivity index (χ3v) is 4.01. The molecule has 1 aromatic rings. The van der Waals surface area contributed by atoms with Crippen molar-refractivity contribution in [2.75, 3.05) is 6.61 Å². The van der Waals surface area contributed by atoms with E-state index in [1.807, 2.05) is 0 Å². The average molecular weight is 333 g/mol. The van der Waals surface area contributed by atoms with Crippen molar-refractivity contribution in [3.63, 3.8) is 0 Å². The van der Waals surface area contributed by atoms with Crippen LogP contribution >= 0.6 is 27.5 Å². The Balaban J connectivity index is 2.05. The molecule has 18 heavy (non-hydrogen) atoms. The van der Waals surface area contributed by atoms with Gasteiger partial charge in [0.25, 0.3) is 5.91 Å². The quantitative estimate of drug-likeness (QED) is 0.871. The molecule has 98 valence electrons. The van der Waals surface area contributed by atoms with Gasteiger partial charge >= 0.3 is 0 Å². The van der Waals surface area contributed by atoms with Crippen molar-refractivity contribution in [1.29, 1.82) is 0 Å². The zero-order valence-corrected chi connectivity index (χ0v) is 12.2. The highest BCUT2D eigenvalue weighted by Gasteiger charge is 2.32. The second kappa shape index (κ2) is 6.04. The lowest BCUT2D eigenvalue weighted by molar-refractivity contribution is 0.0923. The largest absolute Gasteiger partial charge is 0.396 e. The number of carbonyl (C=O) groups excluding carboxylic acids is 1. The Labute approximate surface area is 120 Å². The number of amides is 1. The van der Waals surface area contributed by atoms with Crippen LogP contribution in [0.25, 0.3) is 0 Å². The van der Waals surface area contributed by atoms with Gasteiger partial charge in [-0.1, -0.05) is 11.6 Å². The molecule has 2 rings (SSSR count). The van der Waals surface area contributed by atoms with Crippen molar-refractivity contribution in [3.8, 4) is 0 Å². The van der Waals surface area contributed by atoms with E-state index in [1.165, 1.54) is 0 Å².